The number of pyridine rings is 1. The second-order valence-corrected chi connectivity index (χ2v) is 3.91. The molecule has 0 bridgehead atoms. The quantitative estimate of drug-likeness (QED) is 0.852. The maximum absolute atomic E-state index is 12.4. The molecule has 2 rings (SSSR count). The zero-order chi connectivity index (χ0) is 13.5. The van der Waals surface area contributed by atoms with Crippen molar-refractivity contribution in [3.63, 3.8) is 0 Å². The van der Waals surface area contributed by atoms with Gasteiger partial charge in [-0.25, -0.2) is 0 Å². The van der Waals surface area contributed by atoms with Gasteiger partial charge in [0.05, 0.1) is 5.69 Å². The zero-order valence-electron chi connectivity index (χ0n) is 9.78. The summed E-state index contributed by atoms with van der Waals surface area (Å²) in [5.41, 5.74) is 6.66. The molecule has 2 aromatic heterocycles. The first kappa shape index (κ1) is 12.4. The summed E-state index contributed by atoms with van der Waals surface area (Å²) in [7, 11) is 1.68. The summed E-state index contributed by atoms with van der Waals surface area (Å²) in [4.78, 5) is 3.41. The van der Waals surface area contributed by atoms with Crippen molar-refractivity contribution in [2.24, 2.45) is 7.05 Å². The van der Waals surface area contributed by atoms with Crippen molar-refractivity contribution in [2.75, 3.05) is 5.73 Å². The van der Waals surface area contributed by atoms with Gasteiger partial charge in [0, 0.05) is 24.4 Å². The standard InChI is InChI=1S/C11H11F3N4/c1-6-9(18(2)17-10(6)15)7-3-4-8(16-5-7)11(12,13)14/h3-5H,1-2H3,(H2,15,17). The Bertz CT molecular complexity index is 569. The molecule has 0 saturated carbocycles. The molecule has 0 aromatic carbocycles. The van der Waals surface area contributed by atoms with E-state index in [0.29, 0.717) is 17.1 Å². The second-order valence-electron chi connectivity index (χ2n) is 3.91. The Kier molecular flexibility index (Phi) is 2.76. The summed E-state index contributed by atoms with van der Waals surface area (Å²) in [6, 6.07) is 2.30. The molecule has 0 aliphatic heterocycles. The molecule has 4 nitrogen and oxygen atoms in total. The Balaban J connectivity index is 2.47. The van der Waals surface area contributed by atoms with Crippen LogP contribution in [0.4, 0.5) is 19.0 Å². The Morgan fingerprint density at radius 3 is 2.33 bits per heavy atom. The van der Waals surface area contributed by atoms with Crippen LogP contribution >= 0.6 is 0 Å². The van der Waals surface area contributed by atoms with Gasteiger partial charge in [-0.2, -0.15) is 18.3 Å². The lowest BCUT2D eigenvalue weighted by atomic mass is 10.1. The van der Waals surface area contributed by atoms with Gasteiger partial charge in [-0.3, -0.25) is 9.67 Å². The summed E-state index contributed by atoms with van der Waals surface area (Å²) in [6.45, 7) is 1.76. The van der Waals surface area contributed by atoms with Crippen LogP contribution in [0.3, 0.4) is 0 Å². The van der Waals surface area contributed by atoms with E-state index in [0.717, 1.165) is 11.6 Å². The molecular weight excluding hydrogens is 245 g/mol. The molecule has 0 atom stereocenters. The lowest BCUT2D eigenvalue weighted by Gasteiger charge is -2.07. The molecule has 0 fully saturated rings. The SMILES string of the molecule is Cc1c(N)nn(C)c1-c1ccc(C(F)(F)F)nc1. The fraction of sp³-hybridized carbons (Fsp3) is 0.273. The van der Waals surface area contributed by atoms with Gasteiger partial charge in [0.25, 0.3) is 0 Å². The van der Waals surface area contributed by atoms with Crippen molar-refractivity contribution in [1.29, 1.82) is 0 Å². The first-order chi connectivity index (χ1) is 8.30. The van der Waals surface area contributed by atoms with Crippen LogP contribution in [0.5, 0.6) is 0 Å². The van der Waals surface area contributed by atoms with E-state index in [1.807, 2.05) is 0 Å². The van der Waals surface area contributed by atoms with Crippen molar-refractivity contribution in [2.45, 2.75) is 13.1 Å². The highest BCUT2D eigenvalue weighted by Gasteiger charge is 2.32. The number of nitrogens with two attached hydrogens (primary N) is 1. The fourth-order valence-electron chi connectivity index (χ4n) is 1.76. The normalized spacial score (nSPS) is 11.8. The predicted octanol–water partition coefficient (Wildman–Crippen LogP) is 2.39. The highest BCUT2D eigenvalue weighted by atomic mass is 19.4. The molecule has 96 valence electrons. The first-order valence-corrected chi connectivity index (χ1v) is 5.13. The van der Waals surface area contributed by atoms with Crippen molar-refractivity contribution in [3.05, 3.63) is 29.6 Å². The van der Waals surface area contributed by atoms with Gasteiger partial charge in [0.15, 0.2) is 0 Å². The van der Waals surface area contributed by atoms with Crippen LogP contribution in [0.2, 0.25) is 0 Å². The van der Waals surface area contributed by atoms with Crippen LogP contribution in [0.15, 0.2) is 18.3 Å². The number of alkyl halides is 3. The zero-order valence-corrected chi connectivity index (χ0v) is 9.78. The van der Waals surface area contributed by atoms with Gasteiger partial charge < -0.3 is 5.73 Å². The molecule has 0 aliphatic carbocycles. The van der Waals surface area contributed by atoms with Crippen LogP contribution in [0.1, 0.15) is 11.3 Å². The van der Waals surface area contributed by atoms with Gasteiger partial charge >= 0.3 is 6.18 Å². The number of halogens is 3. The number of hydrogen-bond donors (Lipinski definition) is 1. The van der Waals surface area contributed by atoms with Crippen molar-refractivity contribution in [3.8, 4) is 11.3 Å². The van der Waals surface area contributed by atoms with E-state index >= 15 is 0 Å². The summed E-state index contributed by atoms with van der Waals surface area (Å²) in [6.07, 6.45) is -3.26. The average Bonchev–Trinajstić information content (AvgIpc) is 2.52. The van der Waals surface area contributed by atoms with Crippen LogP contribution in [-0.2, 0) is 13.2 Å². The number of nitrogen functional groups attached to an aromatic ring is 1. The predicted molar refractivity (Wildman–Crippen MR) is 60.6 cm³/mol. The molecule has 0 unspecified atom stereocenters. The summed E-state index contributed by atoms with van der Waals surface area (Å²) < 4.78 is 38.7. The van der Waals surface area contributed by atoms with E-state index in [2.05, 4.69) is 10.1 Å². The third kappa shape index (κ3) is 2.03. The topological polar surface area (TPSA) is 56.7 Å². The lowest BCUT2D eigenvalue weighted by Crippen LogP contribution is -2.07. The largest absolute Gasteiger partial charge is 0.433 e. The summed E-state index contributed by atoms with van der Waals surface area (Å²) in [5.74, 6) is 0.354. The average molecular weight is 256 g/mol. The van der Waals surface area contributed by atoms with E-state index < -0.39 is 11.9 Å². The van der Waals surface area contributed by atoms with Crippen molar-refractivity contribution >= 4 is 5.82 Å². The molecule has 2 aromatic rings. The number of aryl methyl sites for hydroxylation is 1. The number of anilines is 1. The molecular formula is C11H11F3N4. The maximum atomic E-state index is 12.4. The number of aromatic nitrogens is 3. The Morgan fingerprint density at radius 1 is 1.28 bits per heavy atom. The van der Waals surface area contributed by atoms with E-state index in [9.17, 15) is 13.2 Å². The minimum absolute atomic E-state index is 0.354. The number of hydrogen-bond acceptors (Lipinski definition) is 3. The molecule has 0 spiro atoms. The Hall–Kier alpha value is -2.05. The molecule has 18 heavy (non-hydrogen) atoms. The van der Waals surface area contributed by atoms with E-state index in [-0.39, 0.29) is 0 Å². The van der Waals surface area contributed by atoms with Crippen molar-refractivity contribution in [1.82, 2.24) is 14.8 Å². The second kappa shape index (κ2) is 4.01. The van der Waals surface area contributed by atoms with Gasteiger partial charge in [-0.05, 0) is 19.1 Å². The van der Waals surface area contributed by atoms with Crippen LogP contribution in [0.25, 0.3) is 11.3 Å². The Morgan fingerprint density at radius 2 is 1.94 bits per heavy atom. The molecule has 0 amide bonds. The summed E-state index contributed by atoms with van der Waals surface area (Å²) >= 11 is 0. The molecule has 0 aliphatic rings. The minimum Gasteiger partial charge on any atom is -0.382 e. The fourth-order valence-corrected chi connectivity index (χ4v) is 1.76. The van der Waals surface area contributed by atoms with Crippen molar-refractivity contribution < 1.29 is 13.2 Å². The van der Waals surface area contributed by atoms with Gasteiger partial charge in [-0.15, -0.1) is 0 Å². The smallest absolute Gasteiger partial charge is 0.382 e. The molecule has 2 heterocycles. The van der Waals surface area contributed by atoms with Gasteiger partial charge in [-0.1, -0.05) is 0 Å². The Labute approximate surface area is 101 Å². The minimum atomic E-state index is -4.43. The molecule has 7 heteroatoms. The van der Waals surface area contributed by atoms with Crippen LogP contribution in [-0.4, -0.2) is 14.8 Å². The number of nitrogens with zero attached hydrogens (tertiary/aromatic N) is 3. The van der Waals surface area contributed by atoms with Gasteiger partial charge in [0.2, 0.25) is 0 Å². The third-order valence-corrected chi connectivity index (χ3v) is 2.65. The van der Waals surface area contributed by atoms with Crippen LogP contribution < -0.4 is 5.73 Å². The first-order valence-electron chi connectivity index (χ1n) is 5.13. The van der Waals surface area contributed by atoms with Gasteiger partial charge in [0.1, 0.15) is 11.5 Å². The molecule has 0 saturated heterocycles. The van der Waals surface area contributed by atoms with Crippen LogP contribution in [0, 0.1) is 6.92 Å². The monoisotopic (exact) mass is 256 g/mol. The van der Waals surface area contributed by atoms with E-state index in [4.69, 9.17) is 5.73 Å². The molecule has 2 N–H and O–H groups in total. The molecule has 0 radical (unpaired) electrons. The number of rotatable bonds is 1. The third-order valence-electron chi connectivity index (χ3n) is 2.65. The van der Waals surface area contributed by atoms with E-state index in [1.165, 1.54) is 16.9 Å². The highest BCUT2D eigenvalue weighted by molar-refractivity contribution is 5.67. The lowest BCUT2D eigenvalue weighted by molar-refractivity contribution is -0.141. The maximum Gasteiger partial charge on any atom is 0.433 e. The highest BCUT2D eigenvalue weighted by Crippen LogP contribution is 2.30. The van der Waals surface area contributed by atoms with E-state index in [1.54, 1.807) is 14.0 Å². The summed E-state index contributed by atoms with van der Waals surface area (Å²) in [5, 5.41) is 4.00.